The van der Waals surface area contributed by atoms with Gasteiger partial charge >= 0.3 is 0 Å². The molecule has 3 aromatic rings. The summed E-state index contributed by atoms with van der Waals surface area (Å²) in [6.45, 7) is 0. The van der Waals surface area contributed by atoms with Gasteiger partial charge in [-0.3, -0.25) is 4.98 Å². The van der Waals surface area contributed by atoms with Gasteiger partial charge in [-0.05, 0) is 12.1 Å². The standard InChI is InChI=1S/C11H8ClN5OS/c12-7-2-1-3-14-9(7)10-16-8(18-17-10)4-6-5-19-11(13)15-6/h1-3,5H,4H2,(H2,13,15). The van der Waals surface area contributed by atoms with Gasteiger partial charge < -0.3 is 10.3 Å². The van der Waals surface area contributed by atoms with E-state index in [2.05, 4.69) is 20.1 Å². The van der Waals surface area contributed by atoms with Gasteiger partial charge in [0.2, 0.25) is 11.7 Å². The second-order valence-electron chi connectivity index (χ2n) is 3.70. The number of halogens is 1. The van der Waals surface area contributed by atoms with Crippen LogP contribution < -0.4 is 5.73 Å². The maximum Gasteiger partial charge on any atom is 0.233 e. The molecular formula is C11H8ClN5OS. The summed E-state index contributed by atoms with van der Waals surface area (Å²) in [5.41, 5.74) is 6.86. The Morgan fingerprint density at radius 1 is 1.37 bits per heavy atom. The number of rotatable bonds is 3. The number of nitrogen functional groups attached to an aromatic ring is 1. The van der Waals surface area contributed by atoms with Crippen molar-refractivity contribution in [3.05, 3.63) is 40.3 Å². The smallest absolute Gasteiger partial charge is 0.233 e. The van der Waals surface area contributed by atoms with Gasteiger partial charge in [0.15, 0.2) is 5.13 Å². The van der Waals surface area contributed by atoms with Crippen LogP contribution in [0.15, 0.2) is 28.2 Å². The molecule has 0 aromatic carbocycles. The fourth-order valence-electron chi connectivity index (χ4n) is 1.53. The first-order chi connectivity index (χ1) is 9.22. The van der Waals surface area contributed by atoms with Crippen LogP contribution in [-0.2, 0) is 6.42 Å². The third-order valence-electron chi connectivity index (χ3n) is 2.34. The van der Waals surface area contributed by atoms with Crippen LogP contribution in [0.1, 0.15) is 11.6 Å². The van der Waals surface area contributed by atoms with Crippen LogP contribution in [0.5, 0.6) is 0 Å². The number of nitrogens with zero attached hydrogens (tertiary/aromatic N) is 4. The highest BCUT2D eigenvalue weighted by Gasteiger charge is 2.14. The molecule has 0 saturated carbocycles. The number of thiazole rings is 1. The van der Waals surface area contributed by atoms with Crippen molar-refractivity contribution in [1.29, 1.82) is 0 Å². The van der Waals surface area contributed by atoms with Crippen LogP contribution in [0.3, 0.4) is 0 Å². The van der Waals surface area contributed by atoms with Crippen molar-refractivity contribution in [3.8, 4) is 11.5 Å². The summed E-state index contributed by atoms with van der Waals surface area (Å²) in [5, 5.41) is 6.71. The Hall–Kier alpha value is -1.99. The van der Waals surface area contributed by atoms with E-state index in [1.54, 1.807) is 18.3 Å². The minimum atomic E-state index is 0.365. The Morgan fingerprint density at radius 2 is 2.26 bits per heavy atom. The van der Waals surface area contributed by atoms with Crippen molar-refractivity contribution in [2.75, 3.05) is 5.73 Å². The molecule has 0 radical (unpaired) electrons. The molecule has 0 aliphatic heterocycles. The maximum atomic E-state index is 6.02. The summed E-state index contributed by atoms with van der Waals surface area (Å²) >= 11 is 7.39. The molecule has 0 fully saturated rings. The number of nitrogens with two attached hydrogens (primary N) is 1. The molecule has 0 unspecified atom stereocenters. The Kier molecular flexibility index (Phi) is 3.14. The van der Waals surface area contributed by atoms with Gasteiger partial charge in [-0.2, -0.15) is 4.98 Å². The Balaban J connectivity index is 1.86. The minimum Gasteiger partial charge on any atom is -0.375 e. The van der Waals surface area contributed by atoms with Gasteiger partial charge in [0.1, 0.15) is 5.69 Å². The maximum absolute atomic E-state index is 6.02. The van der Waals surface area contributed by atoms with Crippen LogP contribution in [0.4, 0.5) is 5.13 Å². The summed E-state index contributed by atoms with van der Waals surface area (Å²) in [7, 11) is 0. The highest BCUT2D eigenvalue weighted by molar-refractivity contribution is 7.13. The molecule has 19 heavy (non-hydrogen) atoms. The summed E-state index contributed by atoms with van der Waals surface area (Å²) < 4.78 is 5.15. The lowest BCUT2D eigenvalue weighted by molar-refractivity contribution is 0.385. The number of hydrogen-bond donors (Lipinski definition) is 1. The first kappa shape index (κ1) is 12.1. The molecule has 0 spiro atoms. The van der Waals surface area contributed by atoms with E-state index in [1.165, 1.54) is 11.3 Å². The van der Waals surface area contributed by atoms with E-state index < -0.39 is 0 Å². The minimum absolute atomic E-state index is 0.365. The van der Waals surface area contributed by atoms with Crippen LogP contribution >= 0.6 is 22.9 Å². The van der Waals surface area contributed by atoms with Crippen LogP contribution in [0, 0.1) is 0 Å². The molecule has 6 nitrogen and oxygen atoms in total. The number of aromatic nitrogens is 4. The lowest BCUT2D eigenvalue weighted by Gasteiger charge is -1.94. The SMILES string of the molecule is Nc1nc(Cc2nc(-c3ncccc3Cl)no2)cs1. The first-order valence-corrected chi connectivity index (χ1v) is 6.61. The third kappa shape index (κ3) is 2.56. The second kappa shape index (κ2) is 4.94. The van der Waals surface area contributed by atoms with E-state index in [9.17, 15) is 0 Å². The van der Waals surface area contributed by atoms with Crippen molar-refractivity contribution in [2.45, 2.75) is 6.42 Å². The van der Waals surface area contributed by atoms with Crippen molar-refractivity contribution >= 4 is 28.1 Å². The monoisotopic (exact) mass is 293 g/mol. The molecule has 0 saturated heterocycles. The third-order valence-corrected chi connectivity index (χ3v) is 3.37. The molecule has 96 valence electrons. The normalized spacial score (nSPS) is 10.8. The molecule has 3 heterocycles. The van der Waals surface area contributed by atoms with Gasteiger partial charge in [-0.25, -0.2) is 4.98 Å². The lowest BCUT2D eigenvalue weighted by Crippen LogP contribution is -1.91. The summed E-state index contributed by atoms with van der Waals surface area (Å²) in [5.74, 6) is 0.811. The van der Waals surface area contributed by atoms with Gasteiger partial charge in [0.05, 0.1) is 17.1 Å². The Bertz CT molecular complexity index is 710. The summed E-state index contributed by atoms with van der Waals surface area (Å²) in [6.07, 6.45) is 2.06. The first-order valence-electron chi connectivity index (χ1n) is 5.36. The van der Waals surface area contributed by atoms with E-state index in [0.29, 0.717) is 34.0 Å². The molecule has 2 N–H and O–H groups in total. The van der Waals surface area contributed by atoms with Gasteiger partial charge in [-0.15, -0.1) is 11.3 Å². The highest BCUT2D eigenvalue weighted by Crippen LogP contribution is 2.23. The number of anilines is 1. The van der Waals surface area contributed by atoms with Crippen molar-refractivity contribution < 1.29 is 4.52 Å². The quantitative estimate of drug-likeness (QED) is 0.797. The lowest BCUT2D eigenvalue weighted by atomic mass is 10.3. The van der Waals surface area contributed by atoms with Gasteiger partial charge in [-0.1, -0.05) is 16.8 Å². The molecule has 0 amide bonds. The Labute approximate surface area is 117 Å². The van der Waals surface area contributed by atoms with Crippen LogP contribution in [-0.4, -0.2) is 20.1 Å². The van der Waals surface area contributed by atoms with E-state index in [-0.39, 0.29) is 0 Å². The highest BCUT2D eigenvalue weighted by atomic mass is 35.5. The zero-order valence-corrected chi connectivity index (χ0v) is 11.1. The number of pyridine rings is 1. The average molecular weight is 294 g/mol. The summed E-state index contributed by atoms with van der Waals surface area (Å²) in [6, 6.07) is 3.46. The largest absolute Gasteiger partial charge is 0.375 e. The molecular weight excluding hydrogens is 286 g/mol. The predicted molar refractivity (Wildman–Crippen MR) is 71.9 cm³/mol. The van der Waals surface area contributed by atoms with E-state index in [0.717, 1.165) is 5.69 Å². The second-order valence-corrected chi connectivity index (χ2v) is 5.00. The van der Waals surface area contributed by atoms with E-state index >= 15 is 0 Å². The zero-order chi connectivity index (χ0) is 13.2. The van der Waals surface area contributed by atoms with E-state index in [1.807, 2.05) is 5.38 Å². The average Bonchev–Trinajstić information content (AvgIpc) is 3.00. The Morgan fingerprint density at radius 3 is 3.00 bits per heavy atom. The van der Waals surface area contributed by atoms with Crippen LogP contribution in [0.2, 0.25) is 5.02 Å². The van der Waals surface area contributed by atoms with Gasteiger partial charge in [0, 0.05) is 11.6 Å². The fourth-order valence-corrected chi connectivity index (χ4v) is 2.30. The fraction of sp³-hybridized carbons (Fsp3) is 0.0909. The molecule has 0 atom stereocenters. The molecule has 3 aromatic heterocycles. The van der Waals surface area contributed by atoms with Crippen molar-refractivity contribution in [3.63, 3.8) is 0 Å². The summed E-state index contributed by atoms with van der Waals surface area (Å²) in [4.78, 5) is 12.5. The molecule has 0 aliphatic carbocycles. The van der Waals surface area contributed by atoms with Crippen molar-refractivity contribution in [2.24, 2.45) is 0 Å². The number of hydrogen-bond acceptors (Lipinski definition) is 7. The van der Waals surface area contributed by atoms with Gasteiger partial charge in [0.25, 0.3) is 0 Å². The van der Waals surface area contributed by atoms with Crippen LogP contribution in [0.25, 0.3) is 11.5 Å². The molecule has 8 heteroatoms. The molecule has 0 aliphatic rings. The zero-order valence-electron chi connectivity index (χ0n) is 9.58. The molecule has 3 rings (SSSR count). The van der Waals surface area contributed by atoms with E-state index in [4.69, 9.17) is 21.9 Å². The topological polar surface area (TPSA) is 90.7 Å². The molecule has 0 bridgehead atoms. The van der Waals surface area contributed by atoms with Crippen molar-refractivity contribution in [1.82, 2.24) is 20.1 Å². The predicted octanol–water partition coefficient (Wildman–Crippen LogP) is 2.41.